The zero-order valence-electron chi connectivity index (χ0n) is 16.1. The van der Waals surface area contributed by atoms with E-state index in [1.54, 1.807) is 7.11 Å². The summed E-state index contributed by atoms with van der Waals surface area (Å²) in [5, 5.41) is 4.08. The first-order chi connectivity index (χ1) is 13.6. The van der Waals surface area contributed by atoms with Crippen molar-refractivity contribution in [3.8, 4) is 17.1 Å². The summed E-state index contributed by atoms with van der Waals surface area (Å²) in [5.74, 6) is 1.92. The predicted octanol–water partition coefficient (Wildman–Crippen LogP) is 3.61. The average molecular weight is 377 g/mol. The predicted molar refractivity (Wildman–Crippen MR) is 105 cm³/mol. The maximum absolute atomic E-state index is 12.4. The molecular weight excluding hydrogens is 354 g/mol. The molecule has 0 aliphatic carbocycles. The van der Waals surface area contributed by atoms with Crippen LogP contribution in [0.4, 0.5) is 0 Å². The van der Waals surface area contributed by atoms with Crippen LogP contribution in [0.25, 0.3) is 11.4 Å². The SMILES string of the molecule is COc1ccc(-c2noc(C3CC(=O)N(CCc4cccc(C)c4)C3)n2)cc1. The van der Waals surface area contributed by atoms with Gasteiger partial charge in [0, 0.05) is 25.1 Å². The molecular formula is C22H23N3O3. The summed E-state index contributed by atoms with van der Waals surface area (Å²) in [6.07, 6.45) is 1.26. The summed E-state index contributed by atoms with van der Waals surface area (Å²) < 4.78 is 10.6. The number of benzene rings is 2. The largest absolute Gasteiger partial charge is 0.497 e. The highest BCUT2D eigenvalue weighted by Gasteiger charge is 2.34. The summed E-state index contributed by atoms with van der Waals surface area (Å²) in [6.45, 7) is 3.41. The van der Waals surface area contributed by atoms with Crippen LogP contribution in [0.1, 0.15) is 29.4 Å². The lowest BCUT2D eigenvalue weighted by atomic mass is 10.1. The first-order valence-corrected chi connectivity index (χ1v) is 9.44. The maximum atomic E-state index is 12.4. The molecule has 1 saturated heterocycles. The van der Waals surface area contributed by atoms with Crippen molar-refractivity contribution in [2.24, 2.45) is 0 Å². The lowest BCUT2D eigenvalue weighted by Gasteiger charge is -2.16. The van der Waals surface area contributed by atoms with Crippen LogP contribution in [-0.4, -0.2) is 41.1 Å². The lowest BCUT2D eigenvalue weighted by Crippen LogP contribution is -2.27. The van der Waals surface area contributed by atoms with Crippen LogP contribution in [0, 0.1) is 6.92 Å². The molecule has 1 fully saturated rings. The molecule has 0 bridgehead atoms. The first-order valence-electron chi connectivity index (χ1n) is 9.44. The number of aromatic nitrogens is 2. The van der Waals surface area contributed by atoms with Gasteiger partial charge in [0.25, 0.3) is 0 Å². The number of aryl methyl sites for hydroxylation is 1. The van der Waals surface area contributed by atoms with Crippen LogP contribution in [-0.2, 0) is 11.2 Å². The highest BCUT2D eigenvalue weighted by molar-refractivity contribution is 5.79. The van der Waals surface area contributed by atoms with Crippen molar-refractivity contribution in [1.82, 2.24) is 15.0 Å². The molecule has 144 valence electrons. The Bertz CT molecular complexity index is 965. The average Bonchev–Trinajstić information content (AvgIpc) is 3.33. The molecule has 4 rings (SSSR count). The molecule has 0 radical (unpaired) electrons. The molecule has 1 atom stereocenters. The Morgan fingerprint density at radius 1 is 1.21 bits per heavy atom. The molecule has 1 unspecified atom stereocenters. The minimum atomic E-state index is -0.0514. The topological polar surface area (TPSA) is 68.5 Å². The third kappa shape index (κ3) is 3.91. The van der Waals surface area contributed by atoms with E-state index in [1.165, 1.54) is 11.1 Å². The molecule has 1 aromatic heterocycles. The molecule has 1 aliphatic rings. The minimum Gasteiger partial charge on any atom is -0.497 e. The van der Waals surface area contributed by atoms with E-state index in [9.17, 15) is 4.79 Å². The van der Waals surface area contributed by atoms with Gasteiger partial charge < -0.3 is 14.2 Å². The third-order valence-electron chi connectivity index (χ3n) is 5.11. The van der Waals surface area contributed by atoms with Crippen LogP contribution < -0.4 is 4.74 Å². The van der Waals surface area contributed by atoms with E-state index in [0.29, 0.717) is 31.2 Å². The first kappa shape index (κ1) is 18.2. The number of hydrogen-bond donors (Lipinski definition) is 0. The van der Waals surface area contributed by atoms with Crippen LogP contribution in [0.15, 0.2) is 53.1 Å². The molecule has 1 aliphatic heterocycles. The number of rotatable bonds is 6. The van der Waals surface area contributed by atoms with Crippen molar-refractivity contribution < 1.29 is 14.1 Å². The molecule has 6 nitrogen and oxygen atoms in total. The monoisotopic (exact) mass is 377 g/mol. The van der Waals surface area contributed by atoms with E-state index in [2.05, 4.69) is 41.3 Å². The second-order valence-electron chi connectivity index (χ2n) is 7.16. The normalized spacial score (nSPS) is 16.6. The molecule has 2 aromatic carbocycles. The van der Waals surface area contributed by atoms with Gasteiger partial charge in [-0.25, -0.2) is 0 Å². The fourth-order valence-corrected chi connectivity index (χ4v) is 3.54. The molecule has 28 heavy (non-hydrogen) atoms. The number of hydrogen-bond acceptors (Lipinski definition) is 5. The Morgan fingerprint density at radius 3 is 2.79 bits per heavy atom. The van der Waals surface area contributed by atoms with E-state index in [-0.39, 0.29) is 11.8 Å². The Morgan fingerprint density at radius 2 is 2.04 bits per heavy atom. The number of nitrogens with zero attached hydrogens (tertiary/aromatic N) is 3. The van der Waals surface area contributed by atoms with E-state index in [1.807, 2.05) is 29.2 Å². The van der Waals surface area contributed by atoms with E-state index < -0.39 is 0 Å². The summed E-state index contributed by atoms with van der Waals surface area (Å²) >= 11 is 0. The van der Waals surface area contributed by atoms with Gasteiger partial charge in [0.15, 0.2) is 0 Å². The number of likely N-dealkylation sites (tertiary alicyclic amines) is 1. The highest BCUT2D eigenvalue weighted by Crippen LogP contribution is 2.29. The smallest absolute Gasteiger partial charge is 0.232 e. The second-order valence-corrected chi connectivity index (χ2v) is 7.16. The van der Waals surface area contributed by atoms with Crippen LogP contribution in [0.5, 0.6) is 5.75 Å². The Hall–Kier alpha value is -3.15. The quantitative estimate of drug-likeness (QED) is 0.656. The lowest BCUT2D eigenvalue weighted by molar-refractivity contribution is -0.127. The van der Waals surface area contributed by atoms with Crippen molar-refractivity contribution in [1.29, 1.82) is 0 Å². The van der Waals surface area contributed by atoms with Crippen molar-refractivity contribution in [2.75, 3.05) is 20.2 Å². The maximum Gasteiger partial charge on any atom is 0.232 e. The van der Waals surface area contributed by atoms with Gasteiger partial charge in [-0.05, 0) is 43.2 Å². The molecule has 0 saturated carbocycles. The number of carbonyl (C=O) groups is 1. The van der Waals surface area contributed by atoms with Crippen LogP contribution >= 0.6 is 0 Å². The van der Waals surface area contributed by atoms with Gasteiger partial charge in [-0.3, -0.25) is 4.79 Å². The second kappa shape index (κ2) is 7.84. The van der Waals surface area contributed by atoms with Gasteiger partial charge in [0.1, 0.15) is 5.75 Å². The van der Waals surface area contributed by atoms with Crippen LogP contribution in [0.3, 0.4) is 0 Å². The van der Waals surface area contributed by atoms with Gasteiger partial charge in [-0.2, -0.15) is 4.98 Å². The van der Waals surface area contributed by atoms with E-state index in [0.717, 1.165) is 17.7 Å². The van der Waals surface area contributed by atoms with E-state index >= 15 is 0 Å². The number of amides is 1. The van der Waals surface area contributed by atoms with Crippen molar-refractivity contribution >= 4 is 5.91 Å². The van der Waals surface area contributed by atoms with Crippen LogP contribution in [0.2, 0.25) is 0 Å². The number of ether oxygens (including phenoxy) is 1. The molecule has 0 N–H and O–H groups in total. The van der Waals surface area contributed by atoms with Crippen molar-refractivity contribution in [3.05, 3.63) is 65.5 Å². The Labute approximate surface area is 164 Å². The minimum absolute atomic E-state index is 0.0514. The van der Waals surface area contributed by atoms with Crippen molar-refractivity contribution in [3.63, 3.8) is 0 Å². The third-order valence-corrected chi connectivity index (χ3v) is 5.11. The summed E-state index contributed by atoms with van der Waals surface area (Å²) in [4.78, 5) is 18.8. The summed E-state index contributed by atoms with van der Waals surface area (Å²) in [6, 6.07) is 15.9. The van der Waals surface area contributed by atoms with E-state index in [4.69, 9.17) is 9.26 Å². The van der Waals surface area contributed by atoms with Gasteiger partial charge >= 0.3 is 0 Å². The number of methoxy groups -OCH3 is 1. The Kier molecular flexibility index (Phi) is 5.10. The van der Waals surface area contributed by atoms with Gasteiger partial charge in [-0.15, -0.1) is 0 Å². The highest BCUT2D eigenvalue weighted by atomic mass is 16.5. The molecule has 1 amide bonds. The summed E-state index contributed by atoms with van der Waals surface area (Å²) in [5.41, 5.74) is 3.34. The standard InChI is InChI=1S/C22H23N3O3/c1-15-4-3-5-16(12-15)10-11-25-14-18(13-20(25)26)22-23-21(24-28-22)17-6-8-19(27-2)9-7-17/h3-9,12,18H,10-11,13-14H2,1-2H3. The fourth-order valence-electron chi connectivity index (χ4n) is 3.54. The van der Waals surface area contributed by atoms with Gasteiger partial charge in [-0.1, -0.05) is 35.0 Å². The van der Waals surface area contributed by atoms with Gasteiger partial charge in [0.2, 0.25) is 17.6 Å². The summed E-state index contributed by atoms with van der Waals surface area (Å²) in [7, 11) is 1.63. The molecule has 0 spiro atoms. The Balaban J connectivity index is 1.40. The molecule has 3 aromatic rings. The van der Waals surface area contributed by atoms with Crippen molar-refractivity contribution in [2.45, 2.75) is 25.7 Å². The molecule has 2 heterocycles. The zero-order valence-corrected chi connectivity index (χ0v) is 16.1. The van der Waals surface area contributed by atoms with Gasteiger partial charge in [0.05, 0.1) is 13.0 Å². The zero-order chi connectivity index (χ0) is 19.5. The fraction of sp³-hybridized carbons (Fsp3) is 0.318. The molecule has 6 heteroatoms. The number of carbonyl (C=O) groups excluding carboxylic acids is 1.